The quantitative estimate of drug-likeness (QED) is 0.0176. The maximum absolute atomic E-state index is 13.8. The molecular formula is C77H139N3O36S. The van der Waals surface area contributed by atoms with Crippen LogP contribution in [0.2, 0.25) is 0 Å². The first-order chi connectivity index (χ1) is 55.7. The molecule has 2 amide bonds. The van der Waals surface area contributed by atoms with Gasteiger partial charge in [-0.15, -0.1) is 0 Å². The van der Waals surface area contributed by atoms with Crippen molar-refractivity contribution in [1.29, 1.82) is 0 Å². The van der Waals surface area contributed by atoms with Gasteiger partial charge in [-0.1, -0.05) is 180 Å². The number of carbonyl (C=O) groups is 3. The number of aliphatic carboxylic acids is 1. The summed E-state index contributed by atoms with van der Waals surface area (Å²) in [6.07, 6.45) is -28.8. The average molecular weight is 1720 g/mol. The maximum Gasteiger partial charge on any atom is 0.397 e. The van der Waals surface area contributed by atoms with Crippen LogP contribution in [0.15, 0.2) is 12.2 Å². The number of allylic oxidation sites excluding steroid dienone is 1. The fraction of sp³-hybridized carbons (Fsp3) is 0.935. The van der Waals surface area contributed by atoms with Crippen molar-refractivity contribution < 1.29 is 176 Å². The van der Waals surface area contributed by atoms with Crippen molar-refractivity contribution in [2.24, 2.45) is 5.73 Å². The van der Waals surface area contributed by atoms with Gasteiger partial charge < -0.3 is 160 Å². The van der Waals surface area contributed by atoms with Gasteiger partial charge in [0.05, 0.1) is 69.5 Å². The summed E-state index contributed by atoms with van der Waals surface area (Å²) >= 11 is 0. The fourth-order valence-electron chi connectivity index (χ4n) is 15.8. The molecule has 0 aromatic heterocycles. The lowest BCUT2D eigenvalue weighted by atomic mass is 9.88. The monoisotopic (exact) mass is 1710 g/mol. The Labute approximate surface area is 684 Å². The van der Waals surface area contributed by atoms with Crippen LogP contribution < -0.4 is 16.4 Å². The SMILES string of the molecule is CCCCCCCCCCCCC/C=C/[C@@H](O)[C@H](C[C@@H]1O[C@H](CO)[C@@H](O[C@@H]2O[C@H](CO)[C@H](O)[C@H](O[C@@H]3O[C@H](COS(=O)(=O)O)[C@@H](O[C@@H]4O[C@H](CO)[C@H](O)[C@H](O[C@]5(C(=O)O)C[C@H](O)[C@@H](N)[C@H]([C@H](O)[C@H](O)CO)O5)[C@H]4O)[C@H](O[C@@H]4O[C@@H](C)[C@@H](O)[C@@H](O)[C@@H]4O)[C@H]3NC(C)=O)[C@H]2O)[C@H](O)[C@H]1O)NC(=O)CCCCCCCCCCCCCCCCC. The zero-order valence-electron chi connectivity index (χ0n) is 67.8. The van der Waals surface area contributed by atoms with Crippen molar-refractivity contribution in [3.63, 3.8) is 0 Å². The number of amides is 2. The Balaban J connectivity index is 1.25. The minimum absolute atomic E-state index is 0.117. The minimum Gasteiger partial charge on any atom is -0.477 e. The van der Waals surface area contributed by atoms with E-state index in [1.165, 1.54) is 103 Å². The number of carbonyl (C=O) groups excluding carboxylic acids is 2. The summed E-state index contributed by atoms with van der Waals surface area (Å²) in [6, 6.07) is -4.96. The van der Waals surface area contributed by atoms with Gasteiger partial charge >= 0.3 is 16.4 Å². The molecule has 117 heavy (non-hydrogen) atoms. The van der Waals surface area contributed by atoms with E-state index in [1.807, 2.05) is 6.08 Å². The van der Waals surface area contributed by atoms with Crippen molar-refractivity contribution in [3.8, 4) is 0 Å². The molecule has 0 aromatic carbocycles. The summed E-state index contributed by atoms with van der Waals surface area (Å²) in [5.41, 5.74) is 6.04. The second kappa shape index (κ2) is 52.0. The lowest BCUT2D eigenvalue weighted by Gasteiger charge is -2.52. The second-order valence-electron chi connectivity index (χ2n) is 32.0. The normalized spacial score (nSPS) is 36.8. The van der Waals surface area contributed by atoms with Crippen molar-refractivity contribution in [1.82, 2.24) is 10.6 Å². The number of carboxylic acid groups (broad SMARTS) is 1. The molecule has 0 aliphatic carbocycles. The molecule has 33 atom stereocenters. The number of ether oxygens (including phenoxy) is 11. The highest BCUT2D eigenvalue weighted by molar-refractivity contribution is 7.80. The summed E-state index contributed by atoms with van der Waals surface area (Å²) in [5, 5.41) is 207. The molecule has 0 radical (unpaired) electrons. The van der Waals surface area contributed by atoms with E-state index in [0.29, 0.717) is 12.8 Å². The van der Waals surface area contributed by atoms with Crippen LogP contribution in [-0.2, 0) is 81.1 Å². The van der Waals surface area contributed by atoms with Crippen molar-refractivity contribution >= 4 is 28.2 Å². The van der Waals surface area contributed by atoms with Gasteiger partial charge in [0.25, 0.3) is 5.79 Å². The molecule has 0 spiro atoms. The number of rotatable bonds is 54. The molecule has 684 valence electrons. The Morgan fingerprint density at radius 3 is 1.50 bits per heavy atom. The van der Waals surface area contributed by atoms with Crippen LogP contribution in [0, 0.1) is 0 Å². The third-order valence-corrected chi connectivity index (χ3v) is 23.2. The molecule has 6 rings (SSSR count). The zero-order valence-corrected chi connectivity index (χ0v) is 68.6. The van der Waals surface area contributed by atoms with Gasteiger partial charge in [-0.05, 0) is 32.6 Å². The Morgan fingerprint density at radius 2 is 1.00 bits per heavy atom. The summed E-state index contributed by atoms with van der Waals surface area (Å²) in [6.45, 7) is 0.523. The van der Waals surface area contributed by atoms with Crippen molar-refractivity contribution in [3.05, 3.63) is 12.2 Å². The highest BCUT2D eigenvalue weighted by Crippen LogP contribution is 2.41. The summed E-state index contributed by atoms with van der Waals surface area (Å²) < 4.78 is 106. The number of carboxylic acids is 1. The third-order valence-electron chi connectivity index (χ3n) is 22.7. The molecular weight excluding hydrogens is 1570 g/mol. The number of unbranched alkanes of at least 4 members (excludes halogenated alkanes) is 25. The summed E-state index contributed by atoms with van der Waals surface area (Å²) in [7, 11) is -5.60. The molecule has 0 aromatic rings. The molecule has 0 unspecified atom stereocenters. The molecule has 0 bridgehead atoms. The van der Waals surface area contributed by atoms with Crippen LogP contribution in [0.1, 0.15) is 220 Å². The third kappa shape index (κ3) is 30.9. The second-order valence-corrected chi connectivity index (χ2v) is 33.1. The van der Waals surface area contributed by atoms with Gasteiger partial charge in [-0.25, -0.2) is 8.98 Å². The van der Waals surface area contributed by atoms with E-state index in [9.17, 15) is 119 Å². The first-order valence-electron chi connectivity index (χ1n) is 42.1. The van der Waals surface area contributed by atoms with Gasteiger partial charge in [0.2, 0.25) is 11.8 Å². The van der Waals surface area contributed by atoms with E-state index < -0.39 is 269 Å². The predicted molar refractivity (Wildman–Crippen MR) is 409 cm³/mol. The van der Waals surface area contributed by atoms with Gasteiger partial charge in [0.1, 0.15) is 134 Å². The number of nitrogens with one attached hydrogen (secondary N) is 2. The van der Waals surface area contributed by atoms with E-state index in [-0.39, 0.29) is 12.8 Å². The summed E-state index contributed by atoms with van der Waals surface area (Å²) in [5.74, 6) is -6.84. The van der Waals surface area contributed by atoms with E-state index in [1.54, 1.807) is 6.08 Å². The van der Waals surface area contributed by atoms with E-state index in [2.05, 4.69) is 24.5 Å². The van der Waals surface area contributed by atoms with Gasteiger partial charge in [-0.3, -0.25) is 14.1 Å². The van der Waals surface area contributed by atoms with Gasteiger partial charge in [0, 0.05) is 19.8 Å². The highest BCUT2D eigenvalue weighted by Gasteiger charge is 2.62. The van der Waals surface area contributed by atoms with Crippen LogP contribution in [0.4, 0.5) is 0 Å². The van der Waals surface area contributed by atoms with E-state index >= 15 is 0 Å². The molecule has 6 fully saturated rings. The van der Waals surface area contributed by atoms with Crippen molar-refractivity contribution in [2.75, 3.05) is 33.0 Å². The van der Waals surface area contributed by atoms with Crippen molar-refractivity contribution in [2.45, 2.75) is 422 Å². The lowest BCUT2D eigenvalue weighted by molar-refractivity contribution is -0.398. The molecule has 39 nitrogen and oxygen atoms in total. The number of nitrogens with two attached hydrogens (primary N) is 1. The molecule has 0 saturated carbocycles. The molecule has 6 aliphatic rings. The Morgan fingerprint density at radius 1 is 0.530 bits per heavy atom. The molecule has 40 heteroatoms. The first-order valence-corrected chi connectivity index (χ1v) is 43.4. The number of hydrogen-bond acceptors (Lipinski definition) is 35. The lowest BCUT2D eigenvalue weighted by Crippen LogP contribution is -2.72. The number of aliphatic hydroxyl groups excluding tert-OH is 17. The molecule has 6 aliphatic heterocycles. The van der Waals surface area contributed by atoms with Gasteiger partial charge in [-0.2, -0.15) is 8.42 Å². The molecule has 6 heterocycles. The van der Waals surface area contributed by atoms with Crippen LogP contribution >= 0.6 is 0 Å². The first kappa shape index (κ1) is 103. The number of hydrogen-bond donors (Lipinski definition) is 22. The van der Waals surface area contributed by atoms with E-state index in [0.717, 1.165) is 71.1 Å². The topological polar surface area (TPSA) is 631 Å². The average Bonchev–Trinajstić information content (AvgIpc) is 0.753. The Bertz CT molecular complexity index is 2940. The van der Waals surface area contributed by atoms with Gasteiger partial charge in [0.15, 0.2) is 25.2 Å². The largest absolute Gasteiger partial charge is 0.477 e. The fourth-order valence-corrected chi connectivity index (χ4v) is 16.1. The molecule has 6 saturated heterocycles. The Hall–Kier alpha value is -3.14. The minimum atomic E-state index is -5.60. The summed E-state index contributed by atoms with van der Waals surface area (Å²) in [4.78, 5) is 40.6. The molecule has 23 N–H and O–H groups in total. The van der Waals surface area contributed by atoms with Crippen LogP contribution in [0.25, 0.3) is 0 Å². The zero-order chi connectivity index (χ0) is 86.3. The van der Waals surface area contributed by atoms with Crippen LogP contribution in [0.3, 0.4) is 0 Å². The van der Waals surface area contributed by atoms with E-state index in [4.69, 9.17) is 62.0 Å². The standard InChI is InChI=1S/C77H139N3O36S/c1-5-7-9-11-13-15-17-19-20-22-24-26-28-30-32-34-53(89)80-44(45(86)33-31-29-27-25-23-21-18-16-14-12-10-8-6-2)35-48-58(92)62(96)66(51(40-84)107-48)111-74-64(98)70(59(93)49(38-82)108-74)114-72-55(79-43(4)85)69(113-73-63(97)61(95)56(90)42(3)106-73)67(52(110-72)41-105-117(102,103)104)112-75-65(99)71(60(94)50(39-83)109-75)116-77(76(100)101)36-46(87)54(78)68(115-77)57(91)47(88)37-81/h31,33,42,44-52,54-75,81-84,86-88,90-99H,5-30,32,34-41,78H2,1-4H3,(H,79,85)(H,80,89)(H,100,101)(H,102,103,104)/b33-31+/t42-,44-,45+,46-,47+,48-,49+,50+,51+,52+,54+,55+,56+,57+,58-,59-,60-,61+,62+,63-,64+,65+,66+,67+,68+,69+,70-,71-,72-,73-,74-,75-,77-/m0/s1. The predicted octanol–water partition coefficient (Wildman–Crippen LogP) is -2.12. The number of aliphatic hydroxyl groups is 17. The van der Waals surface area contributed by atoms with Crippen LogP contribution in [-0.4, -0.2) is 357 Å². The smallest absolute Gasteiger partial charge is 0.397 e. The Kier molecular flexibility index (Phi) is 45.6. The maximum atomic E-state index is 13.8. The highest BCUT2D eigenvalue weighted by atomic mass is 32.3. The van der Waals surface area contributed by atoms with Crippen LogP contribution in [0.5, 0.6) is 0 Å².